The van der Waals surface area contributed by atoms with Crippen molar-refractivity contribution in [2.75, 3.05) is 5.32 Å². The van der Waals surface area contributed by atoms with Gasteiger partial charge in [0.05, 0.1) is 0 Å². The summed E-state index contributed by atoms with van der Waals surface area (Å²) in [7, 11) is 0. The van der Waals surface area contributed by atoms with E-state index in [1.165, 1.54) is 6.20 Å². The first-order chi connectivity index (χ1) is 9.83. The zero-order chi connectivity index (χ0) is 13.8. The maximum absolute atomic E-state index is 11.8. The average molecular weight is 264 g/mol. The van der Waals surface area contributed by atoms with Gasteiger partial charge in [-0.1, -0.05) is 30.3 Å². The van der Waals surface area contributed by atoms with Gasteiger partial charge in [0.1, 0.15) is 11.5 Å². The SMILES string of the molecule is O=C(Nc1ccc(-c2ccccc2)cn1)c1ccn[nH]1. The molecule has 1 aromatic carbocycles. The van der Waals surface area contributed by atoms with Crippen molar-refractivity contribution in [2.45, 2.75) is 0 Å². The van der Waals surface area contributed by atoms with Gasteiger partial charge in [0.15, 0.2) is 0 Å². The topological polar surface area (TPSA) is 70.7 Å². The molecule has 2 N–H and O–H groups in total. The lowest BCUT2D eigenvalue weighted by Crippen LogP contribution is -2.13. The molecule has 2 aromatic heterocycles. The van der Waals surface area contributed by atoms with E-state index in [2.05, 4.69) is 20.5 Å². The molecule has 0 saturated heterocycles. The van der Waals surface area contributed by atoms with Crippen LogP contribution in [0.4, 0.5) is 5.82 Å². The minimum Gasteiger partial charge on any atom is -0.305 e. The van der Waals surface area contributed by atoms with Crippen molar-refractivity contribution in [2.24, 2.45) is 0 Å². The first-order valence-electron chi connectivity index (χ1n) is 6.15. The third-order valence-corrected chi connectivity index (χ3v) is 2.86. The summed E-state index contributed by atoms with van der Waals surface area (Å²) >= 11 is 0. The van der Waals surface area contributed by atoms with Gasteiger partial charge in [-0.05, 0) is 23.8 Å². The van der Waals surface area contributed by atoms with Crippen LogP contribution in [0.3, 0.4) is 0 Å². The summed E-state index contributed by atoms with van der Waals surface area (Å²) < 4.78 is 0. The van der Waals surface area contributed by atoms with Crippen LogP contribution in [0.25, 0.3) is 11.1 Å². The normalized spacial score (nSPS) is 10.2. The van der Waals surface area contributed by atoms with Crippen LogP contribution in [0, 0.1) is 0 Å². The standard InChI is InChI=1S/C15H12N4O/c20-15(13-8-9-17-19-13)18-14-7-6-12(10-16-14)11-4-2-1-3-5-11/h1-10H,(H,17,19)(H,16,18,20). The number of aromatic amines is 1. The minimum atomic E-state index is -0.262. The molecule has 0 bridgehead atoms. The van der Waals surface area contributed by atoms with Crippen LogP contribution in [0.5, 0.6) is 0 Å². The third kappa shape index (κ3) is 2.56. The predicted molar refractivity (Wildman–Crippen MR) is 76.2 cm³/mol. The Morgan fingerprint density at radius 1 is 1.00 bits per heavy atom. The molecule has 5 heteroatoms. The van der Waals surface area contributed by atoms with Gasteiger partial charge < -0.3 is 5.32 Å². The number of nitrogens with one attached hydrogen (secondary N) is 2. The number of H-pyrrole nitrogens is 1. The smallest absolute Gasteiger partial charge is 0.274 e. The maximum atomic E-state index is 11.8. The maximum Gasteiger partial charge on any atom is 0.274 e. The Labute approximate surface area is 115 Å². The largest absolute Gasteiger partial charge is 0.305 e. The molecule has 0 aliphatic carbocycles. The van der Waals surface area contributed by atoms with Gasteiger partial charge in [-0.3, -0.25) is 9.89 Å². The Morgan fingerprint density at radius 3 is 2.50 bits per heavy atom. The van der Waals surface area contributed by atoms with Gasteiger partial charge in [-0.15, -0.1) is 0 Å². The number of anilines is 1. The van der Waals surface area contributed by atoms with Crippen LogP contribution in [0.1, 0.15) is 10.5 Å². The van der Waals surface area contributed by atoms with E-state index in [0.29, 0.717) is 11.5 Å². The highest BCUT2D eigenvalue weighted by Gasteiger charge is 2.07. The molecule has 0 spiro atoms. The quantitative estimate of drug-likeness (QED) is 0.764. The highest BCUT2D eigenvalue weighted by Crippen LogP contribution is 2.19. The van der Waals surface area contributed by atoms with Crippen molar-refractivity contribution in [3.05, 3.63) is 66.6 Å². The molecule has 0 fully saturated rings. The second kappa shape index (κ2) is 5.36. The second-order valence-corrected chi connectivity index (χ2v) is 4.22. The molecule has 0 aliphatic rings. The Bertz CT molecular complexity index is 691. The van der Waals surface area contributed by atoms with Crippen molar-refractivity contribution in [3.63, 3.8) is 0 Å². The summed E-state index contributed by atoms with van der Waals surface area (Å²) in [6.07, 6.45) is 3.26. The number of amides is 1. The lowest BCUT2D eigenvalue weighted by atomic mass is 10.1. The Hall–Kier alpha value is -2.95. The Kier molecular flexibility index (Phi) is 3.24. The number of pyridine rings is 1. The lowest BCUT2D eigenvalue weighted by Gasteiger charge is -2.04. The van der Waals surface area contributed by atoms with Crippen LogP contribution >= 0.6 is 0 Å². The molecular weight excluding hydrogens is 252 g/mol. The summed E-state index contributed by atoms with van der Waals surface area (Å²) in [6, 6.07) is 15.2. The number of aromatic nitrogens is 3. The van der Waals surface area contributed by atoms with E-state index in [1.54, 1.807) is 18.3 Å². The monoisotopic (exact) mass is 264 g/mol. The number of hydrogen-bond acceptors (Lipinski definition) is 3. The molecule has 0 unspecified atom stereocenters. The molecule has 0 radical (unpaired) electrons. The van der Waals surface area contributed by atoms with Gasteiger partial charge in [-0.25, -0.2) is 4.98 Å². The summed E-state index contributed by atoms with van der Waals surface area (Å²) in [5.74, 6) is 0.242. The first kappa shape index (κ1) is 12.1. The van der Waals surface area contributed by atoms with E-state index in [1.807, 2.05) is 36.4 Å². The number of hydrogen-bond donors (Lipinski definition) is 2. The van der Waals surface area contributed by atoms with E-state index >= 15 is 0 Å². The van der Waals surface area contributed by atoms with E-state index in [4.69, 9.17) is 0 Å². The van der Waals surface area contributed by atoms with Crippen molar-refractivity contribution >= 4 is 11.7 Å². The van der Waals surface area contributed by atoms with Crippen LogP contribution in [0.2, 0.25) is 0 Å². The summed E-state index contributed by atoms with van der Waals surface area (Å²) in [4.78, 5) is 16.0. The Balaban J connectivity index is 1.75. The van der Waals surface area contributed by atoms with Crippen molar-refractivity contribution < 1.29 is 4.79 Å². The summed E-state index contributed by atoms with van der Waals surface area (Å²) in [6.45, 7) is 0. The molecule has 0 atom stereocenters. The summed E-state index contributed by atoms with van der Waals surface area (Å²) in [5.41, 5.74) is 2.50. The van der Waals surface area contributed by atoms with Crippen LogP contribution in [-0.4, -0.2) is 21.1 Å². The number of carbonyl (C=O) groups is 1. The van der Waals surface area contributed by atoms with Crippen molar-refractivity contribution in [3.8, 4) is 11.1 Å². The van der Waals surface area contributed by atoms with Gasteiger partial charge >= 0.3 is 0 Å². The zero-order valence-corrected chi connectivity index (χ0v) is 10.6. The first-order valence-corrected chi connectivity index (χ1v) is 6.15. The molecule has 3 aromatic rings. The lowest BCUT2D eigenvalue weighted by molar-refractivity contribution is 0.102. The van der Waals surface area contributed by atoms with Crippen molar-refractivity contribution in [1.29, 1.82) is 0 Å². The molecule has 0 saturated carbocycles. The molecule has 3 rings (SSSR count). The highest BCUT2D eigenvalue weighted by atomic mass is 16.2. The molecule has 1 amide bonds. The van der Waals surface area contributed by atoms with Crippen LogP contribution in [-0.2, 0) is 0 Å². The molecule has 5 nitrogen and oxygen atoms in total. The fourth-order valence-corrected chi connectivity index (χ4v) is 1.84. The highest BCUT2D eigenvalue weighted by molar-refractivity contribution is 6.02. The van der Waals surface area contributed by atoms with Crippen molar-refractivity contribution in [1.82, 2.24) is 15.2 Å². The third-order valence-electron chi connectivity index (χ3n) is 2.86. The van der Waals surface area contributed by atoms with Gasteiger partial charge in [0.25, 0.3) is 5.91 Å². The van der Waals surface area contributed by atoms with Gasteiger partial charge in [0, 0.05) is 18.0 Å². The van der Waals surface area contributed by atoms with Gasteiger partial charge in [-0.2, -0.15) is 5.10 Å². The fraction of sp³-hybridized carbons (Fsp3) is 0. The van der Waals surface area contributed by atoms with E-state index in [0.717, 1.165) is 11.1 Å². The molecule has 98 valence electrons. The van der Waals surface area contributed by atoms with Crippen LogP contribution in [0.15, 0.2) is 60.9 Å². The van der Waals surface area contributed by atoms with E-state index < -0.39 is 0 Å². The molecule has 2 heterocycles. The van der Waals surface area contributed by atoms with E-state index in [-0.39, 0.29) is 5.91 Å². The van der Waals surface area contributed by atoms with Gasteiger partial charge in [0.2, 0.25) is 0 Å². The average Bonchev–Trinajstić information content (AvgIpc) is 3.03. The van der Waals surface area contributed by atoms with Crippen LogP contribution < -0.4 is 5.32 Å². The van der Waals surface area contributed by atoms with E-state index in [9.17, 15) is 4.79 Å². The molecule has 20 heavy (non-hydrogen) atoms. The number of nitrogens with zero attached hydrogens (tertiary/aromatic N) is 2. The molecule has 0 aliphatic heterocycles. The number of carbonyl (C=O) groups excluding carboxylic acids is 1. The number of benzene rings is 1. The summed E-state index contributed by atoms with van der Waals surface area (Å²) in [5, 5.41) is 9.04. The fourth-order valence-electron chi connectivity index (χ4n) is 1.84. The zero-order valence-electron chi connectivity index (χ0n) is 10.6. The Morgan fingerprint density at radius 2 is 1.85 bits per heavy atom. The minimum absolute atomic E-state index is 0.262. The molecular formula is C15H12N4O. The number of rotatable bonds is 3. The predicted octanol–water partition coefficient (Wildman–Crippen LogP) is 2.72. The second-order valence-electron chi connectivity index (χ2n) is 4.22.